The molecule has 0 unspecified atom stereocenters. The first kappa shape index (κ1) is 25.6. The van der Waals surface area contributed by atoms with Gasteiger partial charge in [0, 0.05) is 0 Å². The fourth-order valence-electron chi connectivity index (χ4n) is 5.31. The van der Waals surface area contributed by atoms with Crippen LogP contribution in [0.5, 0.6) is 0 Å². The third-order valence-corrected chi connectivity index (χ3v) is 12.0. The minimum absolute atomic E-state index is 0.175. The zero-order valence-corrected chi connectivity index (χ0v) is 23.1. The number of hydrogen-bond donors (Lipinski definition) is 0. The maximum atomic E-state index is 12.0. The van der Waals surface area contributed by atoms with E-state index in [0.717, 1.165) is 23.1 Å². The van der Waals surface area contributed by atoms with Crippen LogP contribution in [0.1, 0.15) is 28.7 Å². The van der Waals surface area contributed by atoms with Gasteiger partial charge in [-0.3, -0.25) is 0 Å². The van der Waals surface area contributed by atoms with Gasteiger partial charge in [0.25, 0.3) is 0 Å². The summed E-state index contributed by atoms with van der Waals surface area (Å²) in [5, 5.41) is 16.6. The number of benzene rings is 3. The number of fused-ring (bicyclic) bond motifs is 1. The zero-order chi connectivity index (χ0) is 27.4. The first-order chi connectivity index (χ1) is 19.7. The van der Waals surface area contributed by atoms with Crippen molar-refractivity contribution in [3.05, 3.63) is 133 Å². The molecule has 3 aromatic carbocycles. The van der Waals surface area contributed by atoms with Crippen molar-refractivity contribution in [2.45, 2.75) is 19.6 Å². The average Bonchev–Trinajstić information content (AvgIpc) is 3.65. The number of hydrogen-bond acceptors (Lipinski definition) is 6. The van der Waals surface area contributed by atoms with Crippen molar-refractivity contribution in [2.75, 3.05) is 6.61 Å². The van der Waals surface area contributed by atoms with E-state index < -0.39 is 13.2 Å². The number of rotatable bonds is 9. The van der Waals surface area contributed by atoms with Crippen molar-refractivity contribution >= 4 is 34.8 Å². The standard InChI is InChI=1S/C31H29N6O2P/c1-2-39-31(38)29-22-36(35-34-29)20-25-21-37-30(33-25)24(18-19-32-37)23-40(26-12-6-3-7-13-26,27-14-8-4-9-15-27)28-16-10-5-11-17-28/h3-19,21-22,40H,2,20,23H2,1H3. The van der Waals surface area contributed by atoms with Gasteiger partial charge in [0.15, 0.2) is 0 Å². The van der Waals surface area contributed by atoms with Crippen LogP contribution in [0.2, 0.25) is 0 Å². The normalized spacial score (nSPS) is 11.9. The predicted octanol–water partition coefficient (Wildman–Crippen LogP) is 3.77. The molecule has 200 valence electrons. The van der Waals surface area contributed by atoms with Crippen LogP contribution in [0, 0.1) is 0 Å². The van der Waals surface area contributed by atoms with Gasteiger partial charge in [0.2, 0.25) is 0 Å². The molecule has 6 aromatic rings. The molecule has 3 aromatic heterocycles. The summed E-state index contributed by atoms with van der Waals surface area (Å²) >= 11 is 0. The van der Waals surface area contributed by atoms with Crippen LogP contribution in [0.25, 0.3) is 5.65 Å². The van der Waals surface area contributed by atoms with Crippen molar-refractivity contribution in [1.82, 2.24) is 29.6 Å². The van der Waals surface area contributed by atoms with Crippen LogP contribution in [0.3, 0.4) is 0 Å². The Kier molecular flexibility index (Phi) is 7.17. The molecule has 0 bridgehead atoms. The van der Waals surface area contributed by atoms with E-state index in [1.165, 1.54) is 15.9 Å². The third kappa shape index (κ3) is 4.90. The van der Waals surface area contributed by atoms with E-state index in [2.05, 4.69) is 112 Å². The molecule has 0 aliphatic carbocycles. The summed E-state index contributed by atoms with van der Waals surface area (Å²) < 4.78 is 8.45. The van der Waals surface area contributed by atoms with Gasteiger partial charge >= 0.3 is 226 Å². The van der Waals surface area contributed by atoms with Gasteiger partial charge in [0.05, 0.1) is 0 Å². The second-order valence-electron chi connectivity index (χ2n) is 9.56. The van der Waals surface area contributed by atoms with Gasteiger partial charge in [0.1, 0.15) is 0 Å². The van der Waals surface area contributed by atoms with E-state index in [1.54, 1.807) is 17.8 Å². The van der Waals surface area contributed by atoms with Crippen molar-refractivity contribution in [3.8, 4) is 0 Å². The molecule has 0 N–H and O–H groups in total. The van der Waals surface area contributed by atoms with Crippen LogP contribution in [-0.4, -0.2) is 42.2 Å². The summed E-state index contributed by atoms with van der Waals surface area (Å²) in [6, 6.07) is 34.6. The third-order valence-electron chi connectivity index (χ3n) is 7.09. The second-order valence-corrected chi connectivity index (χ2v) is 13.5. The average molecular weight is 549 g/mol. The fraction of sp³-hybridized carbons (Fsp3) is 0.129. The molecule has 9 heteroatoms. The number of carbonyl (C=O) groups excluding carboxylic acids is 1. The fourth-order valence-corrected chi connectivity index (χ4v) is 10.1. The van der Waals surface area contributed by atoms with Gasteiger partial charge < -0.3 is 0 Å². The Bertz CT molecular complexity index is 1640. The molecule has 3 heterocycles. The number of imidazole rings is 1. The molecule has 0 fully saturated rings. The molecule has 0 spiro atoms. The molecule has 0 aliphatic heterocycles. The summed E-state index contributed by atoms with van der Waals surface area (Å²) in [6.07, 6.45) is 6.13. The van der Waals surface area contributed by atoms with E-state index >= 15 is 0 Å². The van der Waals surface area contributed by atoms with Crippen LogP contribution in [0.4, 0.5) is 0 Å². The van der Waals surface area contributed by atoms with Crippen molar-refractivity contribution in [2.24, 2.45) is 0 Å². The molecular weight excluding hydrogens is 519 g/mol. The molecule has 0 saturated carbocycles. The van der Waals surface area contributed by atoms with E-state index in [4.69, 9.17) is 9.72 Å². The van der Waals surface area contributed by atoms with Crippen LogP contribution in [0.15, 0.2) is 116 Å². The molecule has 6 rings (SSSR count). The van der Waals surface area contributed by atoms with Crippen molar-refractivity contribution in [1.29, 1.82) is 0 Å². The first-order valence-corrected chi connectivity index (χ1v) is 15.4. The Labute approximate surface area is 232 Å². The van der Waals surface area contributed by atoms with E-state index in [1.807, 2.05) is 16.9 Å². The molecule has 0 atom stereocenters. The minimum atomic E-state index is -2.52. The molecule has 0 aliphatic rings. The van der Waals surface area contributed by atoms with Gasteiger partial charge in [-0.1, -0.05) is 0 Å². The van der Waals surface area contributed by atoms with Crippen LogP contribution in [-0.2, 0) is 17.4 Å². The molecule has 0 amide bonds. The SMILES string of the molecule is CCOC(=O)c1cn(Cc2cn3nccc(C[PH](c4ccccc4)(c4ccccc4)c4ccccc4)c3n2)nn1. The Hall–Kier alpha value is -4.68. The van der Waals surface area contributed by atoms with Crippen LogP contribution < -0.4 is 15.9 Å². The Balaban J connectivity index is 1.44. The summed E-state index contributed by atoms with van der Waals surface area (Å²) in [7, 11) is -2.52. The number of carbonyl (C=O) groups is 1. The van der Waals surface area contributed by atoms with E-state index in [9.17, 15) is 4.79 Å². The van der Waals surface area contributed by atoms with E-state index in [0.29, 0.717) is 6.54 Å². The quantitative estimate of drug-likeness (QED) is 0.202. The summed E-state index contributed by atoms with van der Waals surface area (Å²) in [5.41, 5.74) is 2.87. The Morgan fingerprint density at radius 2 is 1.43 bits per heavy atom. The number of ether oxygens (including phenoxy) is 1. The van der Waals surface area contributed by atoms with Crippen LogP contribution >= 0.6 is 7.26 Å². The Morgan fingerprint density at radius 1 is 0.825 bits per heavy atom. The second kappa shape index (κ2) is 11.2. The molecule has 8 nitrogen and oxygen atoms in total. The van der Waals surface area contributed by atoms with Gasteiger partial charge in [-0.05, 0) is 6.92 Å². The van der Waals surface area contributed by atoms with Gasteiger partial charge in [-0.15, -0.1) is 0 Å². The molecule has 40 heavy (non-hydrogen) atoms. The maximum absolute atomic E-state index is 12.0. The number of nitrogens with zero attached hydrogens (tertiary/aromatic N) is 6. The summed E-state index contributed by atoms with van der Waals surface area (Å²) in [4.78, 5) is 17.0. The first-order valence-electron chi connectivity index (χ1n) is 13.2. The summed E-state index contributed by atoms with van der Waals surface area (Å²) in [6.45, 7) is 2.40. The van der Waals surface area contributed by atoms with Gasteiger partial charge in [-0.2, -0.15) is 0 Å². The van der Waals surface area contributed by atoms with Crippen molar-refractivity contribution < 1.29 is 9.53 Å². The summed E-state index contributed by atoms with van der Waals surface area (Å²) in [5.74, 6) is -0.489. The van der Waals surface area contributed by atoms with E-state index in [-0.39, 0.29) is 12.3 Å². The zero-order valence-electron chi connectivity index (χ0n) is 22.1. The molecule has 0 saturated heterocycles. The Morgan fingerprint density at radius 3 is 2.00 bits per heavy atom. The topological polar surface area (TPSA) is 87.2 Å². The molecule has 0 radical (unpaired) electrons. The van der Waals surface area contributed by atoms with Gasteiger partial charge in [-0.25, -0.2) is 0 Å². The monoisotopic (exact) mass is 548 g/mol. The number of aromatic nitrogens is 6. The predicted molar refractivity (Wildman–Crippen MR) is 158 cm³/mol. The molecular formula is C31H29N6O2P. The van der Waals surface area contributed by atoms with Crippen molar-refractivity contribution in [3.63, 3.8) is 0 Å². The number of esters is 1.